The van der Waals surface area contributed by atoms with E-state index in [-0.39, 0.29) is 18.6 Å². The van der Waals surface area contributed by atoms with Crippen molar-refractivity contribution < 1.29 is 19.8 Å². The third kappa shape index (κ3) is 5.24. The highest BCUT2D eigenvalue weighted by atomic mass is 16.4. The molecule has 0 aromatic heterocycles. The van der Waals surface area contributed by atoms with Crippen molar-refractivity contribution in [1.82, 2.24) is 0 Å². The van der Waals surface area contributed by atoms with E-state index in [2.05, 4.69) is 0 Å². The molecular weight excluding hydrogens is 136 g/mol. The van der Waals surface area contributed by atoms with Gasteiger partial charge in [-0.1, -0.05) is 0 Å². The van der Waals surface area contributed by atoms with Gasteiger partial charge in [0.05, 0.1) is 12.5 Å². The zero-order valence-corrected chi connectivity index (χ0v) is 5.70. The summed E-state index contributed by atoms with van der Waals surface area (Å²) in [6.45, 7) is 1.31. The molecule has 0 aromatic rings. The number of carboxylic acid groups (broad SMARTS) is 1. The molecule has 0 amide bonds. The molecule has 4 heteroatoms. The third-order valence-corrected chi connectivity index (χ3v) is 0.933. The van der Waals surface area contributed by atoms with Gasteiger partial charge in [0.1, 0.15) is 5.78 Å². The van der Waals surface area contributed by atoms with Crippen LogP contribution in [-0.2, 0) is 9.59 Å². The molecule has 0 spiro atoms. The minimum atomic E-state index is -1.09. The Morgan fingerprint density at radius 3 is 2.20 bits per heavy atom. The SMILES string of the molecule is CC(=O)C[C@H](O)CC(=O)O. The van der Waals surface area contributed by atoms with E-state index in [1.54, 1.807) is 0 Å². The summed E-state index contributed by atoms with van der Waals surface area (Å²) in [6, 6.07) is 0. The Hall–Kier alpha value is -0.900. The van der Waals surface area contributed by atoms with Crippen LogP contribution in [0.25, 0.3) is 0 Å². The smallest absolute Gasteiger partial charge is 0.305 e. The van der Waals surface area contributed by atoms with Gasteiger partial charge >= 0.3 is 5.97 Å². The predicted octanol–water partition coefficient (Wildman–Crippen LogP) is -0.199. The summed E-state index contributed by atoms with van der Waals surface area (Å²) in [6.07, 6.45) is -1.47. The van der Waals surface area contributed by atoms with Crippen LogP contribution in [0.15, 0.2) is 0 Å². The predicted molar refractivity (Wildman–Crippen MR) is 33.6 cm³/mol. The maximum absolute atomic E-state index is 10.3. The van der Waals surface area contributed by atoms with E-state index in [1.165, 1.54) is 6.92 Å². The van der Waals surface area contributed by atoms with Crippen molar-refractivity contribution in [3.63, 3.8) is 0 Å². The molecule has 0 aliphatic heterocycles. The molecule has 4 nitrogen and oxygen atoms in total. The van der Waals surface area contributed by atoms with Gasteiger partial charge in [-0.25, -0.2) is 0 Å². The number of ketones is 1. The Kier molecular flexibility index (Phi) is 3.64. The maximum Gasteiger partial charge on any atom is 0.305 e. The molecule has 10 heavy (non-hydrogen) atoms. The summed E-state index contributed by atoms with van der Waals surface area (Å²) in [7, 11) is 0. The van der Waals surface area contributed by atoms with Gasteiger partial charge in [-0.3, -0.25) is 9.59 Å². The number of hydrogen-bond acceptors (Lipinski definition) is 3. The number of carbonyl (C=O) groups excluding carboxylic acids is 1. The van der Waals surface area contributed by atoms with Crippen molar-refractivity contribution in [3.05, 3.63) is 0 Å². The maximum atomic E-state index is 10.3. The quantitative estimate of drug-likeness (QED) is 0.576. The topological polar surface area (TPSA) is 74.6 Å². The molecule has 2 N–H and O–H groups in total. The summed E-state index contributed by atoms with van der Waals surface area (Å²) in [5.41, 5.74) is 0. The van der Waals surface area contributed by atoms with Gasteiger partial charge in [0.15, 0.2) is 0 Å². The van der Waals surface area contributed by atoms with Crippen LogP contribution < -0.4 is 0 Å². The van der Waals surface area contributed by atoms with Crippen LogP contribution in [0.5, 0.6) is 0 Å². The van der Waals surface area contributed by atoms with Gasteiger partial charge in [-0.15, -0.1) is 0 Å². The van der Waals surface area contributed by atoms with E-state index in [0.29, 0.717) is 0 Å². The molecule has 0 unspecified atom stereocenters. The highest BCUT2D eigenvalue weighted by molar-refractivity contribution is 5.77. The number of aliphatic carboxylic acids is 1. The van der Waals surface area contributed by atoms with Crippen LogP contribution in [0.1, 0.15) is 19.8 Å². The number of aliphatic hydroxyl groups is 1. The summed E-state index contributed by atoms with van der Waals surface area (Å²) in [5.74, 6) is -1.29. The van der Waals surface area contributed by atoms with Gasteiger partial charge in [0.25, 0.3) is 0 Å². The lowest BCUT2D eigenvalue weighted by Crippen LogP contribution is -2.15. The summed E-state index contributed by atoms with van der Waals surface area (Å²) >= 11 is 0. The Morgan fingerprint density at radius 2 is 1.90 bits per heavy atom. The van der Waals surface area contributed by atoms with E-state index >= 15 is 0 Å². The van der Waals surface area contributed by atoms with Crippen LogP contribution in [0.3, 0.4) is 0 Å². The number of hydrogen-bond donors (Lipinski definition) is 2. The van der Waals surface area contributed by atoms with Crippen LogP contribution in [-0.4, -0.2) is 28.1 Å². The molecule has 0 aromatic carbocycles. The average molecular weight is 146 g/mol. The van der Waals surface area contributed by atoms with Gasteiger partial charge in [0.2, 0.25) is 0 Å². The first-order valence-electron chi connectivity index (χ1n) is 2.91. The van der Waals surface area contributed by atoms with E-state index in [4.69, 9.17) is 10.2 Å². The molecule has 0 rings (SSSR count). The zero-order valence-electron chi connectivity index (χ0n) is 5.70. The van der Waals surface area contributed by atoms with Crippen LogP contribution >= 0.6 is 0 Å². The van der Waals surface area contributed by atoms with Crippen LogP contribution in [0.2, 0.25) is 0 Å². The fourth-order valence-electron chi connectivity index (χ4n) is 0.606. The van der Waals surface area contributed by atoms with E-state index in [0.717, 1.165) is 0 Å². The van der Waals surface area contributed by atoms with Gasteiger partial charge in [-0.05, 0) is 6.92 Å². The minimum Gasteiger partial charge on any atom is -0.481 e. The van der Waals surface area contributed by atoms with Crippen molar-refractivity contribution in [3.8, 4) is 0 Å². The Labute approximate surface area is 58.5 Å². The number of aliphatic hydroxyl groups excluding tert-OH is 1. The van der Waals surface area contributed by atoms with Crippen molar-refractivity contribution in [1.29, 1.82) is 0 Å². The number of carboxylic acids is 1. The number of carbonyl (C=O) groups is 2. The second kappa shape index (κ2) is 4.00. The minimum absolute atomic E-state index is 0.0771. The van der Waals surface area contributed by atoms with Crippen LogP contribution in [0, 0.1) is 0 Å². The highest BCUT2D eigenvalue weighted by Gasteiger charge is 2.10. The fourth-order valence-corrected chi connectivity index (χ4v) is 0.606. The van der Waals surface area contributed by atoms with Crippen molar-refractivity contribution >= 4 is 11.8 Å². The molecule has 0 aliphatic rings. The number of Topliss-reactive ketones (excluding diaryl/α,β-unsaturated/α-hetero) is 1. The molecular formula is C6H10O4. The van der Waals surface area contributed by atoms with E-state index in [1.807, 2.05) is 0 Å². The van der Waals surface area contributed by atoms with Crippen molar-refractivity contribution in [2.75, 3.05) is 0 Å². The molecule has 0 saturated carbocycles. The standard InChI is InChI=1S/C6H10O4/c1-4(7)2-5(8)3-6(9)10/h5,8H,2-3H2,1H3,(H,9,10)/t5-/m0/s1. The normalized spacial score (nSPS) is 12.6. The molecule has 0 saturated heterocycles. The first-order valence-corrected chi connectivity index (χ1v) is 2.91. The lowest BCUT2D eigenvalue weighted by Gasteiger charge is -2.02. The number of rotatable bonds is 4. The fraction of sp³-hybridized carbons (Fsp3) is 0.667. The summed E-state index contributed by atoms with van der Waals surface area (Å²) in [5, 5.41) is 16.9. The van der Waals surface area contributed by atoms with Crippen molar-refractivity contribution in [2.24, 2.45) is 0 Å². The molecule has 0 radical (unpaired) electrons. The summed E-state index contributed by atoms with van der Waals surface area (Å²) in [4.78, 5) is 20.2. The molecule has 0 heterocycles. The van der Waals surface area contributed by atoms with Gasteiger partial charge < -0.3 is 10.2 Å². The molecule has 0 fully saturated rings. The largest absolute Gasteiger partial charge is 0.481 e. The molecule has 0 bridgehead atoms. The average Bonchev–Trinajstić information content (AvgIpc) is 1.58. The van der Waals surface area contributed by atoms with Crippen molar-refractivity contribution in [2.45, 2.75) is 25.9 Å². The highest BCUT2D eigenvalue weighted by Crippen LogP contribution is 1.97. The van der Waals surface area contributed by atoms with Crippen LogP contribution in [0.4, 0.5) is 0 Å². The lowest BCUT2D eigenvalue weighted by molar-refractivity contribution is -0.139. The van der Waals surface area contributed by atoms with Gasteiger partial charge in [-0.2, -0.15) is 0 Å². The first-order chi connectivity index (χ1) is 4.52. The first kappa shape index (κ1) is 9.10. The monoisotopic (exact) mass is 146 g/mol. The second-order valence-electron chi connectivity index (χ2n) is 2.16. The molecule has 1 atom stereocenters. The third-order valence-electron chi connectivity index (χ3n) is 0.933. The second-order valence-corrected chi connectivity index (χ2v) is 2.16. The Morgan fingerprint density at radius 1 is 1.40 bits per heavy atom. The van der Waals surface area contributed by atoms with E-state index < -0.39 is 12.1 Å². The van der Waals surface area contributed by atoms with E-state index in [9.17, 15) is 9.59 Å². The lowest BCUT2D eigenvalue weighted by atomic mass is 10.1. The molecule has 0 aliphatic carbocycles. The molecule has 58 valence electrons. The Balaban J connectivity index is 3.53. The summed E-state index contributed by atoms with van der Waals surface area (Å²) < 4.78 is 0. The Bertz CT molecular complexity index is 125. The van der Waals surface area contributed by atoms with Gasteiger partial charge in [0, 0.05) is 6.42 Å². The zero-order chi connectivity index (χ0) is 8.15.